The van der Waals surface area contributed by atoms with Crippen molar-refractivity contribution in [2.75, 3.05) is 5.75 Å². The van der Waals surface area contributed by atoms with Crippen molar-refractivity contribution in [1.29, 1.82) is 0 Å². The highest BCUT2D eigenvalue weighted by Gasteiger charge is 2.09. The molecule has 1 aromatic carbocycles. The van der Waals surface area contributed by atoms with E-state index in [1.165, 1.54) is 28.6 Å². The molecule has 19 heavy (non-hydrogen) atoms. The first kappa shape index (κ1) is 14.0. The Morgan fingerprint density at radius 2 is 2.00 bits per heavy atom. The van der Waals surface area contributed by atoms with Gasteiger partial charge < -0.3 is 0 Å². The largest absolute Gasteiger partial charge is 0.293 e. The van der Waals surface area contributed by atoms with Crippen LogP contribution in [0.1, 0.15) is 10.4 Å². The van der Waals surface area contributed by atoms with Gasteiger partial charge in [-0.1, -0.05) is 39.8 Å². The van der Waals surface area contributed by atoms with Gasteiger partial charge in [-0.15, -0.1) is 0 Å². The summed E-state index contributed by atoms with van der Waals surface area (Å²) >= 11 is 4.58. The molecular weight excluding hydrogens is 328 g/mol. The summed E-state index contributed by atoms with van der Waals surface area (Å²) in [6, 6.07) is 8.58. The summed E-state index contributed by atoms with van der Waals surface area (Å²) in [4.78, 5) is 27.5. The summed E-state index contributed by atoms with van der Waals surface area (Å²) in [5.74, 6) is 0.266. The molecular formula is C13H11BrN2O2S. The molecule has 0 aliphatic carbocycles. The second-order valence-corrected chi connectivity index (χ2v) is 5.70. The highest BCUT2D eigenvalue weighted by molar-refractivity contribution is 9.10. The normalized spacial score (nSPS) is 10.4. The van der Waals surface area contributed by atoms with Crippen molar-refractivity contribution in [2.24, 2.45) is 7.05 Å². The van der Waals surface area contributed by atoms with Gasteiger partial charge in [0.15, 0.2) is 10.9 Å². The van der Waals surface area contributed by atoms with E-state index >= 15 is 0 Å². The van der Waals surface area contributed by atoms with Crippen LogP contribution in [-0.2, 0) is 7.05 Å². The Labute approximate surface area is 123 Å². The summed E-state index contributed by atoms with van der Waals surface area (Å²) in [6.45, 7) is 0. The Balaban J connectivity index is 2.06. The predicted molar refractivity (Wildman–Crippen MR) is 78.7 cm³/mol. The summed E-state index contributed by atoms with van der Waals surface area (Å²) in [7, 11) is 1.64. The smallest absolute Gasteiger partial charge is 0.253 e. The molecule has 98 valence electrons. The molecule has 0 aliphatic rings. The summed E-state index contributed by atoms with van der Waals surface area (Å²) in [5.41, 5.74) is 0.519. The Kier molecular flexibility index (Phi) is 4.55. The quantitative estimate of drug-likeness (QED) is 0.488. The van der Waals surface area contributed by atoms with E-state index in [1.807, 2.05) is 12.1 Å². The van der Waals surface area contributed by atoms with Crippen LogP contribution in [0.2, 0.25) is 0 Å². The van der Waals surface area contributed by atoms with E-state index < -0.39 is 0 Å². The van der Waals surface area contributed by atoms with Gasteiger partial charge >= 0.3 is 0 Å². The molecule has 0 atom stereocenters. The van der Waals surface area contributed by atoms with E-state index in [0.717, 1.165) is 4.47 Å². The van der Waals surface area contributed by atoms with Crippen molar-refractivity contribution in [3.63, 3.8) is 0 Å². The van der Waals surface area contributed by atoms with E-state index in [9.17, 15) is 9.59 Å². The van der Waals surface area contributed by atoms with Crippen molar-refractivity contribution >= 4 is 33.5 Å². The third-order valence-corrected chi connectivity index (χ3v) is 4.09. The molecule has 0 amide bonds. The molecule has 0 unspecified atom stereocenters. The zero-order valence-electron chi connectivity index (χ0n) is 10.2. The van der Waals surface area contributed by atoms with Crippen molar-refractivity contribution in [2.45, 2.75) is 5.16 Å². The minimum absolute atomic E-state index is 0.00982. The van der Waals surface area contributed by atoms with Gasteiger partial charge in [-0.3, -0.25) is 14.2 Å². The first-order valence-corrected chi connectivity index (χ1v) is 7.29. The zero-order chi connectivity index (χ0) is 13.8. The van der Waals surface area contributed by atoms with Crippen LogP contribution >= 0.6 is 27.7 Å². The maximum absolute atomic E-state index is 12.0. The van der Waals surface area contributed by atoms with Crippen LogP contribution in [-0.4, -0.2) is 21.1 Å². The van der Waals surface area contributed by atoms with Gasteiger partial charge in [-0.2, -0.15) is 0 Å². The second-order valence-electron chi connectivity index (χ2n) is 3.84. The molecule has 2 rings (SSSR count). The Morgan fingerprint density at radius 1 is 1.32 bits per heavy atom. The summed E-state index contributed by atoms with van der Waals surface area (Å²) in [5, 5.41) is 0.540. The number of hydrogen-bond donors (Lipinski definition) is 0. The topological polar surface area (TPSA) is 52.0 Å². The highest BCUT2D eigenvalue weighted by atomic mass is 79.9. The predicted octanol–water partition coefficient (Wildman–Crippen LogP) is 2.52. The fourth-order valence-electron chi connectivity index (χ4n) is 1.44. The molecule has 0 fully saturated rings. The fraction of sp³-hybridized carbons (Fsp3) is 0.154. The minimum atomic E-state index is -0.131. The lowest BCUT2D eigenvalue weighted by Crippen LogP contribution is -2.18. The van der Waals surface area contributed by atoms with Crippen LogP contribution in [0, 0.1) is 0 Å². The molecule has 2 aromatic rings. The van der Waals surface area contributed by atoms with Crippen LogP contribution in [0.3, 0.4) is 0 Å². The Morgan fingerprint density at radius 3 is 2.68 bits per heavy atom. The Bertz CT molecular complexity index is 652. The van der Waals surface area contributed by atoms with Gasteiger partial charge in [-0.05, 0) is 12.1 Å². The van der Waals surface area contributed by atoms with Crippen molar-refractivity contribution < 1.29 is 4.79 Å². The lowest BCUT2D eigenvalue weighted by molar-refractivity contribution is 0.102. The lowest BCUT2D eigenvalue weighted by Gasteiger charge is -2.05. The first-order chi connectivity index (χ1) is 9.08. The summed E-state index contributed by atoms with van der Waals surface area (Å²) in [6.07, 6.45) is 1.45. The van der Waals surface area contributed by atoms with Crippen molar-refractivity contribution in [3.8, 4) is 0 Å². The summed E-state index contributed by atoms with van der Waals surface area (Å²) < 4.78 is 2.36. The van der Waals surface area contributed by atoms with Crippen LogP contribution < -0.4 is 5.56 Å². The number of benzene rings is 1. The van der Waals surface area contributed by atoms with Crippen molar-refractivity contribution in [1.82, 2.24) is 9.55 Å². The van der Waals surface area contributed by atoms with Crippen LogP contribution in [0.5, 0.6) is 0 Å². The first-order valence-electron chi connectivity index (χ1n) is 5.51. The molecule has 0 spiro atoms. The average molecular weight is 339 g/mol. The number of thioether (sulfide) groups is 1. The number of hydrogen-bond acceptors (Lipinski definition) is 4. The van der Waals surface area contributed by atoms with E-state index in [-0.39, 0.29) is 17.1 Å². The lowest BCUT2D eigenvalue weighted by atomic mass is 10.2. The number of carbonyl (C=O) groups excluding carboxylic acids is 1. The molecule has 0 saturated carbocycles. The molecule has 0 N–H and O–H groups in total. The molecule has 6 heteroatoms. The zero-order valence-corrected chi connectivity index (χ0v) is 12.6. The molecule has 1 aromatic heterocycles. The number of ketones is 1. The number of carbonyl (C=O) groups is 1. The van der Waals surface area contributed by atoms with E-state index in [0.29, 0.717) is 10.7 Å². The molecule has 0 radical (unpaired) electrons. The third kappa shape index (κ3) is 3.54. The van der Waals surface area contributed by atoms with Gasteiger partial charge in [0.2, 0.25) is 0 Å². The van der Waals surface area contributed by atoms with E-state index in [4.69, 9.17) is 0 Å². The average Bonchev–Trinajstić information content (AvgIpc) is 2.41. The maximum Gasteiger partial charge on any atom is 0.253 e. The number of Topliss-reactive ketones (excluding diaryl/α,β-unsaturated/α-hetero) is 1. The highest BCUT2D eigenvalue weighted by Crippen LogP contribution is 2.16. The van der Waals surface area contributed by atoms with E-state index in [2.05, 4.69) is 20.9 Å². The van der Waals surface area contributed by atoms with Gasteiger partial charge in [0, 0.05) is 29.3 Å². The second kappa shape index (κ2) is 6.16. The Hall–Kier alpha value is -1.40. The van der Waals surface area contributed by atoms with Crippen LogP contribution in [0.25, 0.3) is 0 Å². The molecule has 0 saturated heterocycles. The molecule has 4 nitrogen and oxygen atoms in total. The minimum Gasteiger partial charge on any atom is -0.293 e. The molecule has 0 aliphatic heterocycles. The van der Waals surface area contributed by atoms with E-state index in [1.54, 1.807) is 19.2 Å². The standard InChI is InChI=1S/C13H11BrN2O2S/c1-16-12(18)6-7-15-13(16)19-8-11(17)9-2-4-10(14)5-3-9/h2-7H,8H2,1H3. The van der Waals surface area contributed by atoms with Gasteiger partial charge in [0.1, 0.15) is 0 Å². The van der Waals surface area contributed by atoms with Gasteiger partial charge in [0.05, 0.1) is 5.75 Å². The SMILES string of the molecule is Cn1c(SCC(=O)c2ccc(Br)cc2)nccc1=O. The van der Waals surface area contributed by atoms with Crippen LogP contribution in [0.4, 0.5) is 0 Å². The molecule has 0 bridgehead atoms. The number of halogens is 1. The molecule has 1 heterocycles. The van der Waals surface area contributed by atoms with Gasteiger partial charge in [0.25, 0.3) is 5.56 Å². The van der Waals surface area contributed by atoms with Crippen molar-refractivity contribution in [3.05, 3.63) is 56.9 Å². The van der Waals surface area contributed by atoms with Gasteiger partial charge in [-0.25, -0.2) is 4.98 Å². The number of rotatable bonds is 4. The number of nitrogens with zero attached hydrogens (tertiary/aromatic N) is 2. The monoisotopic (exact) mass is 338 g/mol. The van der Waals surface area contributed by atoms with Crippen LogP contribution in [0.15, 0.2) is 51.0 Å². The maximum atomic E-state index is 12.0. The number of aromatic nitrogens is 2. The third-order valence-electron chi connectivity index (χ3n) is 2.52. The fourth-order valence-corrected chi connectivity index (χ4v) is 2.55.